The van der Waals surface area contributed by atoms with Crippen LogP contribution >= 0.6 is 11.6 Å². The van der Waals surface area contributed by atoms with Gasteiger partial charge in [0.15, 0.2) is 0 Å². The molecule has 0 aromatic heterocycles. The first kappa shape index (κ1) is 14.7. The van der Waals surface area contributed by atoms with Crippen molar-refractivity contribution >= 4 is 23.3 Å². The lowest BCUT2D eigenvalue weighted by Gasteiger charge is -2.44. The highest BCUT2D eigenvalue weighted by molar-refractivity contribution is 6.30. The Bertz CT molecular complexity index is 518. The van der Waals surface area contributed by atoms with Gasteiger partial charge in [0.05, 0.1) is 7.11 Å². The van der Waals surface area contributed by atoms with Gasteiger partial charge in [-0.05, 0) is 57.0 Å². The Hall–Kier alpha value is -1.26. The smallest absolute Gasteiger partial charge is 0.331 e. The number of nitrogens with one attached hydrogen (secondary N) is 1. The number of carbonyl (C=O) groups excluding carboxylic acids is 1. The number of fused-ring (bicyclic) bond motifs is 2. The molecule has 0 amide bonds. The molecule has 1 N–H and O–H groups in total. The molecule has 1 aromatic carbocycles. The van der Waals surface area contributed by atoms with E-state index in [0.29, 0.717) is 17.1 Å². The Kier molecular flexibility index (Phi) is 3.84. The van der Waals surface area contributed by atoms with Crippen molar-refractivity contribution in [1.29, 1.82) is 0 Å². The SMILES string of the molecule is COC(=O)C1(Nc2ccc(Cl)cc2)CC2CCC(C1)N2C. The molecule has 2 atom stereocenters. The number of hydrogen-bond donors (Lipinski definition) is 1. The van der Waals surface area contributed by atoms with E-state index in [2.05, 4.69) is 17.3 Å². The number of anilines is 1. The highest BCUT2D eigenvalue weighted by Gasteiger charge is 2.51. The van der Waals surface area contributed by atoms with Gasteiger partial charge in [-0.15, -0.1) is 0 Å². The third-order valence-electron chi connectivity index (χ3n) is 4.96. The quantitative estimate of drug-likeness (QED) is 0.872. The summed E-state index contributed by atoms with van der Waals surface area (Å²) in [4.78, 5) is 14.9. The van der Waals surface area contributed by atoms with Crippen LogP contribution in [0.25, 0.3) is 0 Å². The van der Waals surface area contributed by atoms with Crippen LogP contribution in [0, 0.1) is 0 Å². The van der Waals surface area contributed by atoms with Crippen LogP contribution < -0.4 is 5.32 Å². The summed E-state index contributed by atoms with van der Waals surface area (Å²) in [6, 6.07) is 8.38. The van der Waals surface area contributed by atoms with Gasteiger partial charge in [0.2, 0.25) is 0 Å². The van der Waals surface area contributed by atoms with Crippen molar-refractivity contribution < 1.29 is 9.53 Å². The minimum Gasteiger partial charge on any atom is -0.467 e. The van der Waals surface area contributed by atoms with Gasteiger partial charge in [0.25, 0.3) is 0 Å². The van der Waals surface area contributed by atoms with Crippen LogP contribution in [0.3, 0.4) is 0 Å². The molecule has 0 saturated carbocycles. The van der Waals surface area contributed by atoms with E-state index in [1.165, 1.54) is 7.11 Å². The fourth-order valence-electron chi connectivity index (χ4n) is 3.79. The van der Waals surface area contributed by atoms with Crippen LogP contribution in [-0.4, -0.2) is 42.6 Å². The number of hydrogen-bond acceptors (Lipinski definition) is 4. The first-order valence-corrected chi connectivity index (χ1v) is 7.76. The third-order valence-corrected chi connectivity index (χ3v) is 5.21. The van der Waals surface area contributed by atoms with Crippen molar-refractivity contribution in [2.75, 3.05) is 19.5 Å². The van der Waals surface area contributed by atoms with Crippen molar-refractivity contribution in [3.05, 3.63) is 29.3 Å². The van der Waals surface area contributed by atoms with Crippen LogP contribution in [0.1, 0.15) is 25.7 Å². The number of benzene rings is 1. The molecule has 1 aromatic rings. The topological polar surface area (TPSA) is 41.6 Å². The van der Waals surface area contributed by atoms with E-state index in [1.54, 1.807) is 0 Å². The first-order chi connectivity index (χ1) is 10.0. The summed E-state index contributed by atoms with van der Waals surface area (Å²) in [6.07, 6.45) is 3.88. The van der Waals surface area contributed by atoms with Gasteiger partial charge < -0.3 is 15.0 Å². The number of methoxy groups -OCH3 is 1. The molecule has 2 unspecified atom stereocenters. The first-order valence-electron chi connectivity index (χ1n) is 7.38. The fraction of sp³-hybridized carbons (Fsp3) is 0.562. The lowest BCUT2D eigenvalue weighted by atomic mass is 9.82. The van der Waals surface area contributed by atoms with E-state index in [1.807, 2.05) is 24.3 Å². The van der Waals surface area contributed by atoms with Crippen molar-refractivity contribution in [2.24, 2.45) is 0 Å². The summed E-state index contributed by atoms with van der Waals surface area (Å²) in [5.41, 5.74) is 0.287. The van der Waals surface area contributed by atoms with Crippen LogP contribution in [-0.2, 0) is 9.53 Å². The third kappa shape index (κ3) is 2.62. The summed E-state index contributed by atoms with van der Waals surface area (Å²) in [7, 11) is 3.62. The molecule has 3 rings (SSSR count). The van der Waals surface area contributed by atoms with Crippen molar-refractivity contribution in [1.82, 2.24) is 4.90 Å². The van der Waals surface area contributed by atoms with E-state index in [4.69, 9.17) is 16.3 Å². The molecule has 5 heteroatoms. The van der Waals surface area contributed by atoms with Crippen LogP contribution in [0.15, 0.2) is 24.3 Å². The molecule has 0 spiro atoms. The van der Waals surface area contributed by atoms with Gasteiger partial charge in [0, 0.05) is 22.8 Å². The van der Waals surface area contributed by atoms with Crippen LogP contribution in [0.5, 0.6) is 0 Å². The summed E-state index contributed by atoms with van der Waals surface area (Å²) in [5.74, 6) is -0.164. The second kappa shape index (κ2) is 5.50. The Morgan fingerprint density at radius 2 is 1.86 bits per heavy atom. The van der Waals surface area contributed by atoms with Gasteiger partial charge in [0.1, 0.15) is 5.54 Å². The second-order valence-electron chi connectivity index (χ2n) is 6.16. The molecule has 0 radical (unpaired) electrons. The highest BCUT2D eigenvalue weighted by Crippen LogP contribution is 2.42. The Morgan fingerprint density at radius 1 is 1.29 bits per heavy atom. The number of esters is 1. The Morgan fingerprint density at radius 3 is 2.38 bits per heavy atom. The van der Waals surface area contributed by atoms with Crippen LogP contribution in [0.4, 0.5) is 5.69 Å². The predicted molar refractivity (Wildman–Crippen MR) is 83.6 cm³/mol. The van der Waals surface area contributed by atoms with Crippen molar-refractivity contribution in [2.45, 2.75) is 43.3 Å². The summed E-state index contributed by atoms with van der Waals surface area (Å²) >= 11 is 5.93. The number of rotatable bonds is 3. The summed E-state index contributed by atoms with van der Waals surface area (Å²) in [6.45, 7) is 0. The standard InChI is InChI=1S/C16H21ClN2O2/c1-19-13-7-8-14(19)10-16(9-13,15(20)21-2)18-12-5-3-11(17)4-6-12/h3-6,13-14,18H,7-10H2,1-2H3. The number of ether oxygens (including phenoxy) is 1. The molecule has 2 saturated heterocycles. The van der Waals surface area contributed by atoms with Crippen LogP contribution in [0.2, 0.25) is 5.02 Å². The Labute approximate surface area is 130 Å². The minimum absolute atomic E-state index is 0.164. The van der Waals surface area contributed by atoms with Gasteiger partial charge in [-0.1, -0.05) is 11.6 Å². The number of piperidine rings is 1. The van der Waals surface area contributed by atoms with Crippen molar-refractivity contribution in [3.63, 3.8) is 0 Å². The normalized spacial score (nSPS) is 32.0. The maximum atomic E-state index is 12.5. The molecule has 114 valence electrons. The number of nitrogens with zero attached hydrogens (tertiary/aromatic N) is 1. The molecule has 0 aliphatic carbocycles. The fourth-order valence-corrected chi connectivity index (χ4v) is 3.92. The molecule has 21 heavy (non-hydrogen) atoms. The lowest BCUT2D eigenvalue weighted by Crippen LogP contribution is -2.58. The molecule has 2 heterocycles. The highest BCUT2D eigenvalue weighted by atomic mass is 35.5. The monoisotopic (exact) mass is 308 g/mol. The summed E-state index contributed by atoms with van der Waals surface area (Å²) in [5, 5.41) is 4.12. The molecule has 2 bridgehead atoms. The predicted octanol–water partition coefficient (Wildman–Crippen LogP) is 2.92. The van der Waals surface area contributed by atoms with E-state index in [0.717, 1.165) is 31.4 Å². The molecular formula is C16H21ClN2O2. The van der Waals surface area contributed by atoms with Gasteiger partial charge >= 0.3 is 5.97 Å². The zero-order valence-corrected chi connectivity index (χ0v) is 13.2. The van der Waals surface area contributed by atoms with Gasteiger partial charge in [-0.2, -0.15) is 0 Å². The molecule has 4 nitrogen and oxygen atoms in total. The average molecular weight is 309 g/mol. The average Bonchev–Trinajstić information content (AvgIpc) is 2.72. The largest absolute Gasteiger partial charge is 0.467 e. The van der Waals surface area contributed by atoms with Gasteiger partial charge in [-0.3, -0.25) is 0 Å². The molecule has 2 fully saturated rings. The zero-order valence-electron chi connectivity index (χ0n) is 12.4. The Balaban J connectivity index is 1.88. The minimum atomic E-state index is -0.624. The maximum absolute atomic E-state index is 12.5. The van der Waals surface area contributed by atoms with Gasteiger partial charge in [-0.25, -0.2) is 4.79 Å². The van der Waals surface area contributed by atoms with E-state index >= 15 is 0 Å². The molecular weight excluding hydrogens is 288 g/mol. The zero-order chi connectivity index (χ0) is 15.0. The van der Waals surface area contributed by atoms with E-state index < -0.39 is 5.54 Å². The second-order valence-corrected chi connectivity index (χ2v) is 6.60. The maximum Gasteiger partial charge on any atom is 0.331 e. The van der Waals surface area contributed by atoms with Crippen molar-refractivity contribution in [3.8, 4) is 0 Å². The molecule has 2 aliphatic rings. The van der Waals surface area contributed by atoms with E-state index in [9.17, 15) is 4.79 Å². The number of carbonyl (C=O) groups is 1. The number of halogens is 1. The molecule has 2 aliphatic heterocycles. The lowest BCUT2D eigenvalue weighted by molar-refractivity contribution is -0.148. The van der Waals surface area contributed by atoms with E-state index in [-0.39, 0.29) is 5.97 Å². The summed E-state index contributed by atoms with van der Waals surface area (Å²) < 4.78 is 5.10.